The molecule has 6 nitrogen and oxygen atoms in total. The number of nitrogens with zero attached hydrogens (tertiary/aromatic N) is 4. The van der Waals surface area contributed by atoms with Gasteiger partial charge in [0, 0.05) is 24.4 Å². The highest BCUT2D eigenvalue weighted by atomic mass is 19.1. The van der Waals surface area contributed by atoms with Crippen molar-refractivity contribution in [2.24, 2.45) is 0 Å². The predicted octanol–water partition coefficient (Wildman–Crippen LogP) is 2.79. The lowest BCUT2D eigenvalue weighted by atomic mass is 10.1. The molecule has 0 amide bonds. The summed E-state index contributed by atoms with van der Waals surface area (Å²) in [5, 5.41) is 4.47. The van der Waals surface area contributed by atoms with Gasteiger partial charge in [0.05, 0.1) is 12.8 Å². The fourth-order valence-electron chi connectivity index (χ4n) is 2.76. The first-order valence-corrected chi connectivity index (χ1v) is 7.43. The van der Waals surface area contributed by atoms with Crippen molar-refractivity contribution in [2.75, 3.05) is 13.7 Å². The Kier molecular flexibility index (Phi) is 3.42. The van der Waals surface area contributed by atoms with Gasteiger partial charge in [-0.15, -0.1) is 5.10 Å². The largest absolute Gasteiger partial charge is 0.497 e. The summed E-state index contributed by atoms with van der Waals surface area (Å²) in [6.07, 6.45) is 3.38. The van der Waals surface area contributed by atoms with E-state index in [1.165, 1.54) is 13.2 Å². The summed E-state index contributed by atoms with van der Waals surface area (Å²) in [5.41, 5.74) is 1.01. The summed E-state index contributed by atoms with van der Waals surface area (Å²) in [6, 6.07) is 6.43. The van der Waals surface area contributed by atoms with Crippen molar-refractivity contribution >= 4 is 5.78 Å². The Morgan fingerprint density at radius 3 is 3.00 bits per heavy atom. The molecule has 1 saturated heterocycles. The van der Waals surface area contributed by atoms with Gasteiger partial charge in [0.2, 0.25) is 0 Å². The number of hydrogen-bond acceptors (Lipinski definition) is 5. The van der Waals surface area contributed by atoms with Crippen LogP contribution < -0.4 is 4.74 Å². The molecule has 0 spiro atoms. The van der Waals surface area contributed by atoms with Gasteiger partial charge in [-0.2, -0.15) is 9.50 Å². The first-order valence-electron chi connectivity index (χ1n) is 7.43. The van der Waals surface area contributed by atoms with Crippen molar-refractivity contribution < 1.29 is 13.9 Å². The molecule has 0 unspecified atom stereocenters. The fourth-order valence-corrected chi connectivity index (χ4v) is 2.76. The Labute approximate surface area is 131 Å². The fraction of sp³-hybridized carbons (Fsp3) is 0.312. The Morgan fingerprint density at radius 1 is 1.35 bits per heavy atom. The zero-order valence-electron chi connectivity index (χ0n) is 12.6. The van der Waals surface area contributed by atoms with Gasteiger partial charge in [-0.3, -0.25) is 0 Å². The van der Waals surface area contributed by atoms with Crippen LogP contribution in [0.2, 0.25) is 0 Å². The molecule has 23 heavy (non-hydrogen) atoms. The number of benzene rings is 1. The monoisotopic (exact) mass is 314 g/mol. The number of halogens is 1. The van der Waals surface area contributed by atoms with Crippen LogP contribution in [0.3, 0.4) is 0 Å². The van der Waals surface area contributed by atoms with Crippen molar-refractivity contribution in [1.29, 1.82) is 0 Å². The second-order valence-corrected chi connectivity index (χ2v) is 5.36. The van der Waals surface area contributed by atoms with E-state index in [0.717, 1.165) is 12.8 Å². The van der Waals surface area contributed by atoms with Gasteiger partial charge >= 0.3 is 0 Å². The van der Waals surface area contributed by atoms with Gasteiger partial charge in [-0.25, -0.2) is 9.37 Å². The van der Waals surface area contributed by atoms with Gasteiger partial charge in [0.15, 0.2) is 5.82 Å². The van der Waals surface area contributed by atoms with Crippen LogP contribution in [0.4, 0.5) is 4.39 Å². The number of rotatable bonds is 3. The molecule has 0 N–H and O–H groups in total. The Morgan fingerprint density at radius 2 is 2.26 bits per heavy atom. The molecule has 118 valence electrons. The zero-order chi connectivity index (χ0) is 15.8. The Bertz CT molecular complexity index is 858. The quantitative estimate of drug-likeness (QED) is 0.744. The SMILES string of the molecule is COc1ccc(-c2ccnc3nc([C@H]4CCCO4)nn23)c(F)c1. The number of ether oxygens (including phenoxy) is 2. The molecule has 7 heteroatoms. The second-order valence-electron chi connectivity index (χ2n) is 5.36. The van der Waals surface area contributed by atoms with Crippen LogP contribution in [0.5, 0.6) is 5.75 Å². The molecule has 0 saturated carbocycles. The molecule has 1 fully saturated rings. The molecule has 0 bridgehead atoms. The van der Waals surface area contributed by atoms with E-state index < -0.39 is 0 Å². The standard InChI is InChI=1S/C16H15FN4O2/c1-22-10-4-5-11(12(17)9-10)13-6-7-18-16-19-15(20-21(13)16)14-3-2-8-23-14/h4-7,9,14H,2-3,8H2,1H3/t14-/m1/s1. The van der Waals surface area contributed by atoms with E-state index in [1.807, 2.05) is 0 Å². The molecule has 0 aliphatic carbocycles. The zero-order valence-corrected chi connectivity index (χ0v) is 12.6. The molecular weight excluding hydrogens is 299 g/mol. The molecule has 1 atom stereocenters. The van der Waals surface area contributed by atoms with Crippen LogP contribution in [-0.2, 0) is 4.74 Å². The lowest BCUT2D eigenvalue weighted by molar-refractivity contribution is 0.105. The number of methoxy groups -OCH3 is 1. The van der Waals surface area contributed by atoms with E-state index in [1.54, 1.807) is 28.9 Å². The minimum Gasteiger partial charge on any atom is -0.497 e. The number of hydrogen-bond donors (Lipinski definition) is 0. The van der Waals surface area contributed by atoms with Crippen molar-refractivity contribution in [1.82, 2.24) is 19.6 Å². The van der Waals surface area contributed by atoms with Crippen LogP contribution in [0, 0.1) is 5.82 Å². The highest BCUT2D eigenvalue weighted by Gasteiger charge is 2.23. The summed E-state index contributed by atoms with van der Waals surface area (Å²) >= 11 is 0. The summed E-state index contributed by atoms with van der Waals surface area (Å²) in [6.45, 7) is 0.716. The van der Waals surface area contributed by atoms with E-state index >= 15 is 0 Å². The van der Waals surface area contributed by atoms with E-state index in [-0.39, 0.29) is 11.9 Å². The van der Waals surface area contributed by atoms with Gasteiger partial charge in [0.25, 0.3) is 5.78 Å². The van der Waals surface area contributed by atoms with Crippen LogP contribution >= 0.6 is 0 Å². The number of fused-ring (bicyclic) bond motifs is 1. The van der Waals surface area contributed by atoms with Gasteiger partial charge in [0.1, 0.15) is 17.7 Å². The van der Waals surface area contributed by atoms with Gasteiger partial charge < -0.3 is 9.47 Å². The van der Waals surface area contributed by atoms with Crippen LogP contribution in [0.25, 0.3) is 17.0 Å². The minimum atomic E-state index is -0.383. The lowest BCUT2D eigenvalue weighted by Crippen LogP contribution is -2.00. The molecule has 3 heterocycles. The van der Waals surface area contributed by atoms with E-state index in [2.05, 4.69) is 15.1 Å². The molecule has 2 aromatic heterocycles. The highest BCUT2D eigenvalue weighted by molar-refractivity contribution is 5.63. The molecule has 4 rings (SSSR count). The summed E-state index contributed by atoms with van der Waals surface area (Å²) in [5.74, 6) is 1.11. The minimum absolute atomic E-state index is 0.106. The molecule has 1 aliphatic heterocycles. The predicted molar refractivity (Wildman–Crippen MR) is 80.7 cm³/mol. The topological polar surface area (TPSA) is 61.5 Å². The van der Waals surface area contributed by atoms with Crippen LogP contribution in [0.15, 0.2) is 30.5 Å². The van der Waals surface area contributed by atoms with E-state index in [0.29, 0.717) is 35.2 Å². The molecule has 3 aromatic rings. The third-order valence-electron chi connectivity index (χ3n) is 3.93. The number of aromatic nitrogens is 4. The molecule has 1 aromatic carbocycles. The van der Waals surface area contributed by atoms with Crippen molar-refractivity contribution in [3.63, 3.8) is 0 Å². The van der Waals surface area contributed by atoms with E-state index in [4.69, 9.17) is 9.47 Å². The van der Waals surface area contributed by atoms with Crippen molar-refractivity contribution in [3.05, 3.63) is 42.1 Å². The van der Waals surface area contributed by atoms with Gasteiger partial charge in [-0.05, 0) is 31.0 Å². The Hall–Kier alpha value is -2.54. The molecule has 0 radical (unpaired) electrons. The highest BCUT2D eigenvalue weighted by Crippen LogP contribution is 2.29. The first-order chi connectivity index (χ1) is 11.3. The average Bonchev–Trinajstić information content (AvgIpc) is 3.23. The normalized spacial score (nSPS) is 17.7. The second kappa shape index (κ2) is 5.58. The smallest absolute Gasteiger partial charge is 0.253 e. The van der Waals surface area contributed by atoms with E-state index in [9.17, 15) is 4.39 Å². The van der Waals surface area contributed by atoms with Crippen molar-refractivity contribution in [3.8, 4) is 17.0 Å². The van der Waals surface area contributed by atoms with Gasteiger partial charge in [-0.1, -0.05) is 0 Å². The Balaban J connectivity index is 1.83. The summed E-state index contributed by atoms with van der Waals surface area (Å²) in [4.78, 5) is 8.62. The molecular formula is C16H15FN4O2. The maximum absolute atomic E-state index is 14.4. The third kappa shape index (κ3) is 2.43. The lowest BCUT2D eigenvalue weighted by Gasteiger charge is -2.07. The van der Waals surface area contributed by atoms with Crippen molar-refractivity contribution in [2.45, 2.75) is 18.9 Å². The summed E-state index contributed by atoms with van der Waals surface area (Å²) in [7, 11) is 1.50. The maximum atomic E-state index is 14.4. The van der Waals surface area contributed by atoms with Crippen LogP contribution in [0.1, 0.15) is 24.8 Å². The average molecular weight is 314 g/mol. The molecule has 1 aliphatic rings. The first kappa shape index (κ1) is 14.1. The third-order valence-corrected chi connectivity index (χ3v) is 3.93. The van der Waals surface area contributed by atoms with Crippen LogP contribution in [-0.4, -0.2) is 33.3 Å². The maximum Gasteiger partial charge on any atom is 0.253 e. The summed E-state index contributed by atoms with van der Waals surface area (Å²) < 4.78 is 26.6.